The Morgan fingerprint density at radius 2 is 1.88 bits per heavy atom. The second kappa shape index (κ2) is 4.58. The first-order valence-corrected chi connectivity index (χ1v) is 6.36. The van der Waals surface area contributed by atoms with E-state index in [0.29, 0.717) is 0 Å². The number of benzene rings is 1. The summed E-state index contributed by atoms with van der Waals surface area (Å²) in [5, 5.41) is 10.6. The Labute approximate surface area is 98.5 Å². The molecule has 16 heavy (non-hydrogen) atoms. The number of rotatable bonds is 2. The molecule has 1 aromatic rings. The zero-order valence-electron chi connectivity index (χ0n) is 10.4. The van der Waals surface area contributed by atoms with Crippen molar-refractivity contribution in [3.8, 4) is 0 Å². The lowest BCUT2D eigenvalue weighted by Crippen LogP contribution is -2.36. The molecule has 1 fully saturated rings. The summed E-state index contributed by atoms with van der Waals surface area (Å²) in [5.74, 6) is 0.789. The Hall–Kier alpha value is -0.820. The van der Waals surface area contributed by atoms with Crippen molar-refractivity contribution in [3.05, 3.63) is 35.4 Å². The van der Waals surface area contributed by atoms with Gasteiger partial charge in [-0.25, -0.2) is 0 Å². The standard InChI is InChI=1S/C15H22O/c1-12-7-9-15(16,10-8-12)11-14-6-4-3-5-13(14)2/h3-6,12,16H,7-11H2,1-2H3. The fourth-order valence-corrected chi connectivity index (χ4v) is 2.64. The Balaban J connectivity index is 2.07. The fraction of sp³-hybridized carbons (Fsp3) is 0.600. The maximum atomic E-state index is 10.6. The number of aliphatic hydroxyl groups is 1. The molecule has 1 saturated carbocycles. The summed E-state index contributed by atoms with van der Waals surface area (Å²) in [6.07, 6.45) is 5.09. The van der Waals surface area contributed by atoms with E-state index in [4.69, 9.17) is 0 Å². The lowest BCUT2D eigenvalue weighted by molar-refractivity contribution is -0.00679. The van der Waals surface area contributed by atoms with Crippen LogP contribution in [0.2, 0.25) is 0 Å². The van der Waals surface area contributed by atoms with E-state index >= 15 is 0 Å². The van der Waals surface area contributed by atoms with Crippen LogP contribution in [0.4, 0.5) is 0 Å². The summed E-state index contributed by atoms with van der Waals surface area (Å²) in [7, 11) is 0. The monoisotopic (exact) mass is 218 g/mol. The minimum absolute atomic E-state index is 0.446. The Kier molecular flexibility index (Phi) is 3.34. The second-order valence-corrected chi connectivity index (χ2v) is 5.51. The molecule has 2 rings (SSSR count). The van der Waals surface area contributed by atoms with Crippen molar-refractivity contribution in [2.24, 2.45) is 5.92 Å². The van der Waals surface area contributed by atoms with Gasteiger partial charge in [-0.3, -0.25) is 0 Å². The molecule has 1 nitrogen and oxygen atoms in total. The Bertz CT molecular complexity index is 348. The van der Waals surface area contributed by atoms with Gasteiger partial charge in [0, 0.05) is 6.42 Å². The predicted molar refractivity (Wildman–Crippen MR) is 67.5 cm³/mol. The van der Waals surface area contributed by atoms with Crippen molar-refractivity contribution in [2.75, 3.05) is 0 Å². The molecule has 0 bridgehead atoms. The van der Waals surface area contributed by atoms with E-state index in [2.05, 4.69) is 38.1 Å². The lowest BCUT2D eigenvalue weighted by Gasteiger charge is -2.35. The highest BCUT2D eigenvalue weighted by Gasteiger charge is 2.31. The number of hydrogen-bond donors (Lipinski definition) is 1. The molecule has 0 aliphatic heterocycles. The zero-order valence-corrected chi connectivity index (χ0v) is 10.4. The molecule has 1 aromatic carbocycles. The normalized spacial score (nSPS) is 30.3. The molecule has 0 unspecified atom stereocenters. The van der Waals surface area contributed by atoms with Crippen LogP contribution >= 0.6 is 0 Å². The van der Waals surface area contributed by atoms with Gasteiger partial charge in [-0.2, -0.15) is 0 Å². The Morgan fingerprint density at radius 1 is 1.25 bits per heavy atom. The van der Waals surface area contributed by atoms with Crippen molar-refractivity contribution >= 4 is 0 Å². The molecule has 1 aliphatic carbocycles. The van der Waals surface area contributed by atoms with Crippen molar-refractivity contribution in [2.45, 2.75) is 51.6 Å². The first-order valence-electron chi connectivity index (χ1n) is 6.36. The average Bonchev–Trinajstić information content (AvgIpc) is 2.27. The summed E-state index contributed by atoms with van der Waals surface area (Å²) >= 11 is 0. The van der Waals surface area contributed by atoms with Crippen LogP contribution in [0.3, 0.4) is 0 Å². The second-order valence-electron chi connectivity index (χ2n) is 5.51. The maximum Gasteiger partial charge on any atom is 0.0688 e. The van der Waals surface area contributed by atoms with Crippen LogP contribution in [0.1, 0.15) is 43.7 Å². The average molecular weight is 218 g/mol. The minimum atomic E-state index is -0.446. The quantitative estimate of drug-likeness (QED) is 0.805. The van der Waals surface area contributed by atoms with E-state index in [1.54, 1.807) is 0 Å². The maximum absolute atomic E-state index is 10.6. The molecular formula is C15H22O. The van der Waals surface area contributed by atoms with Gasteiger partial charge < -0.3 is 5.11 Å². The molecule has 0 amide bonds. The fourth-order valence-electron chi connectivity index (χ4n) is 2.64. The lowest BCUT2D eigenvalue weighted by atomic mass is 9.76. The van der Waals surface area contributed by atoms with E-state index in [1.807, 2.05) is 0 Å². The van der Waals surface area contributed by atoms with Gasteiger partial charge in [-0.1, -0.05) is 31.2 Å². The van der Waals surface area contributed by atoms with Crippen molar-refractivity contribution in [1.29, 1.82) is 0 Å². The summed E-state index contributed by atoms with van der Waals surface area (Å²) < 4.78 is 0. The summed E-state index contributed by atoms with van der Waals surface area (Å²) in [6.45, 7) is 4.41. The van der Waals surface area contributed by atoms with E-state index in [9.17, 15) is 5.11 Å². The van der Waals surface area contributed by atoms with E-state index < -0.39 is 5.60 Å². The predicted octanol–water partition coefficient (Wildman–Crippen LogP) is 3.48. The van der Waals surface area contributed by atoms with Crippen LogP contribution < -0.4 is 0 Å². The molecule has 0 spiro atoms. The SMILES string of the molecule is Cc1ccccc1CC1(O)CCC(C)CC1. The Morgan fingerprint density at radius 3 is 2.50 bits per heavy atom. The molecule has 0 saturated heterocycles. The third-order valence-electron chi connectivity index (χ3n) is 3.99. The van der Waals surface area contributed by atoms with Gasteiger partial charge in [0.05, 0.1) is 5.60 Å². The first kappa shape index (κ1) is 11.7. The summed E-state index contributed by atoms with van der Waals surface area (Å²) in [6, 6.07) is 8.40. The molecule has 1 aliphatic rings. The largest absolute Gasteiger partial charge is 0.390 e. The topological polar surface area (TPSA) is 20.2 Å². The van der Waals surface area contributed by atoms with Crippen LogP contribution in [0, 0.1) is 12.8 Å². The van der Waals surface area contributed by atoms with Gasteiger partial charge in [0.15, 0.2) is 0 Å². The summed E-state index contributed by atoms with van der Waals surface area (Å²) in [5.41, 5.74) is 2.16. The van der Waals surface area contributed by atoms with E-state index in [-0.39, 0.29) is 0 Å². The van der Waals surface area contributed by atoms with E-state index in [0.717, 1.165) is 25.2 Å². The van der Waals surface area contributed by atoms with Gasteiger partial charge in [0.2, 0.25) is 0 Å². The molecular weight excluding hydrogens is 196 g/mol. The van der Waals surface area contributed by atoms with Crippen LogP contribution in [-0.4, -0.2) is 10.7 Å². The molecule has 0 radical (unpaired) electrons. The van der Waals surface area contributed by atoms with Gasteiger partial charge in [-0.05, 0) is 49.7 Å². The van der Waals surface area contributed by atoms with Crippen molar-refractivity contribution in [1.82, 2.24) is 0 Å². The summed E-state index contributed by atoms with van der Waals surface area (Å²) in [4.78, 5) is 0. The van der Waals surface area contributed by atoms with Gasteiger partial charge in [0.1, 0.15) is 0 Å². The third kappa shape index (κ3) is 2.65. The zero-order chi connectivity index (χ0) is 11.6. The first-order chi connectivity index (χ1) is 7.59. The number of aryl methyl sites for hydroxylation is 1. The highest BCUT2D eigenvalue weighted by molar-refractivity contribution is 5.27. The molecule has 0 heterocycles. The van der Waals surface area contributed by atoms with Gasteiger partial charge >= 0.3 is 0 Å². The number of hydrogen-bond acceptors (Lipinski definition) is 1. The van der Waals surface area contributed by atoms with Crippen LogP contribution in [0.25, 0.3) is 0 Å². The molecule has 0 atom stereocenters. The van der Waals surface area contributed by atoms with Crippen LogP contribution in [0.15, 0.2) is 24.3 Å². The smallest absolute Gasteiger partial charge is 0.0688 e. The third-order valence-corrected chi connectivity index (χ3v) is 3.99. The van der Waals surface area contributed by atoms with Gasteiger partial charge in [0.25, 0.3) is 0 Å². The minimum Gasteiger partial charge on any atom is -0.390 e. The highest BCUT2D eigenvalue weighted by Crippen LogP contribution is 2.34. The van der Waals surface area contributed by atoms with Gasteiger partial charge in [-0.15, -0.1) is 0 Å². The highest BCUT2D eigenvalue weighted by atomic mass is 16.3. The van der Waals surface area contributed by atoms with Crippen molar-refractivity contribution < 1.29 is 5.11 Å². The molecule has 0 aromatic heterocycles. The molecule has 88 valence electrons. The van der Waals surface area contributed by atoms with Crippen LogP contribution in [-0.2, 0) is 6.42 Å². The molecule has 1 N–H and O–H groups in total. The van der Waals surface area contributed by atoms with Crippen LogP contribution in [0.5, 0.6) is 0 Å². The van der Waals surface area contributed by atoms with Crippen molar-refractivity contribution in [3.63, 3.8) is 0 Å². The molecule has 1 heteroatoms. The van der Waals surface area contributed by atoms with E-state index in [1.165, 1.54) is 24.0 Å².